The third-order valence-electron chi connectivity index (χ3n) is 3.40. The van der Waals surface area contributed by atoms with Gasteiger partial charge in [-0.05, 0) is 26.8 Å². The number of nitrogens with one attached hydrogen (secondary N) is 1. The van der Waals surface area contributed by atoms with Gasteiger partial charge in [0.1, 0.15) is 11.7 Å². The number of carbonyl (C=O) groups excluding carboxylic acids is 2. The molecular weight excluding hydrogens is 314 g/mol. The van der Waals surface area contributed by atoms with Crippen molar-refractivity contribution in [1.29, 1.82) is 0 Å². The predicted molar refractivity (Wildman–Crippen MR) is 88.2 cm³/mol. The van der Waals surface area contributed by atoms with E-state index >= 15 is 0 Å². The molecule has 0 aromatic carbocycles. The van der Waals surface area contributed by atoms with Crippen molar-refractivity contribution in [2.45, 2.75) is 32.4 Å². The molecule has 0 radical (unpaired) electrons. The second kappa shape index (κ2) is 5.84. The van der Waals surface area contributed by atoms with E-state index in [4.69, 9.17) is 0 Å². The second-order valence-electron chi connectivity index (χ2n) is 6.48. The molecular formula is C15H19N5O2S. The van der Waals surface area contributed by atoms with Crippen molar-refractivity contribution in [3.05, 3.63) is 30.4 Å². The number of hydrogen-bond donors (Lipinski definition) is 1. The Morgan fingerprint density at radius 3 is 2.87 bits per heavy atom. The maximum absolute atomic E-state index is 12.7. The smallest absolute Gasteiger partial charge is 0.275 e. The lowest BCUT2D eigenvalue weighted by Crippen LogP contribution is -2.52. The van der Waals surface area contributed by atoms with E-state index in [1.54, 1.807) is 45.7 Å². The normalized spacial score (nSPS) is 18.4. The summed E-state index contributed by atoms with van der Waals surface area (Å²) < 4.78 is 1.70. The van der Waals surface area contributed by atoms with Crippen LogP contribution in [0.15, 0.2) is 24.7 Å². The van der Waals surface area contributed by atoms with Crippen LogP contribution < -0.4 is 5.32 Å². The van der Waals surface area contributed by atoms with Crippen molar-refractivity contribution in [2.75, 3.05) is 11.6 Å². The molecule has 0 unspecified atom stereocenters. The summed E-state index contributed by atoms with van der Waals surface area (Å²) in [6.07, 6.45) is 5.06. The highest BCUT2D eigenvalue weighted by molar-refractivity contribution is 7.99. The van der Waals surface area contributed by atoms with Gasteiger partial charge in [0.05, 0.1) is 5.88 Å². The fourth-order valence-electron chi connectivity index (χ4n) is 2.39. The van der Waals surface area contributed by atoms with Gasteiger partial charge in [0.15, 0.2) is 0 Å². The standard InChI is InChI=1S/C15H19N5O2S/c1-15(2,3)18-12(21)11-8-23-9-20(11)13(22)10-7-19-6-4-5-16-14(19)17-10/h4-7,11H,8-9H2,1-3H3,(H,18,21)/t11-/m1/s1. The summed E-state index contributed by atoms with van der Waals surface area (Å²) >= 11 is 1.57. The van der Waals surface area contributed by atoms with Crippen LogP contribution >= 0.6 is 11.8 Å². The lowest BCUT2D eigenvalue weighted by molar-refractivity contribution is -0.125. The molecule has 3 rings (SSSR count). The molecule has 0 bridgehead atoms. The summed E-state index contributed by atoms with van der Waals surface area (Å²) in [5.41, 5.74) is -0.0220. The molecule has 0 spiro atoms. The van der Waals surface area contributed by atoms with Crippen LogP contribution in [0, 0.1) is 0 Å². The van der Waals surface area contributed by atoms with Gasteiger partial charge in [0.2, 0.25) is 11.7 Å². The second-order valence-corrected chi connectivity index (χ2v) is 7.48. The van der Waals surface area contributed by atoms with Crippen LogP contribution in [0.5, 0.6) is 0 Å². The third kappa shape index (κ3) is 3.31. The molecule has 2 amide bonds. The van der Waals surface area contributed by atoms with E-state index in [1.807, 2.05) is 20.8 Å². The maximum atomic E-state index is 12.7. The van der Waals surface area contributed by atoms with Crippen molar-refractivity contribution < 1.29 is 9.59 Å². The Bertz CT molecular complexity index is 719. The summed E-state index contributed by atoms with van der Waals surface area (Å²) in [5, 5.41) is 2.94. The summed E-state index contributed by atoms with van der Waals surface area (Å²) in [6, 6.07) is 1.30. The lowest BCUT2D eigenvalue weighted by Gasteiger charge is -2.27. The number of rotatable bonds is 2. The first kappa shape index (κ1) is 15.8. The van der Waals surface area contributed by atoms with Gasteiger partial charge in [-0.15, -0.1) is 11.8 Å². The number of carbonyl (C=O) groups is 2. The van der Waals surface area contributed by atoms with E-state index in [0.717, 1.165) is 0 Å². The van der Waals surface area contributed by atoms with Crippen LogP contribution in [-0.2, 0) is 4.79 Å². The molecule has 1 aliphatic rings. The Labute approximate surface area is 138 Å². The Hall–Kier alpha value is -2.09. The molecule has 2 aromatic rings. The zero-order valence-electron chi connectivity index (χ0n) is 13.3. The number of nitrogens with zero attached hydrogens (tertiary/aromatic N) is 4. The molecule has 2 aromatic heterocycles. The first-order chi connectivity index (χ1) is 10.8. The first-order valence-electron chi connectivity index (χ1n) is 7.35. The fraction of sp³-hybridized carbons (Fsp3) is 0.467. The summed E-state index contributed by atoms with van der Waals surface area (Å²) in [5.74, 6) is 1.19. The maximum Gasteiger partial charge on any atom is 0.275 e. The molecule has 0 saturated carbocycles. The Morgan fingerprint density at radius 2 is 2.17 bits per heavy atom. The van der Waals surface area contributed by atoms with Crippen LogP contribution in [-0.4, -0.2) is 54.3 Å². The third-order valence-corrected chi connectivity index (χ3v) is 4.41. The molecule has 1 atom stereocenters. The Morgan fingerprint density at radius 1 is 1.39 bits per heavy atom. The van der Waals surface area contributed by atoms with E-state index in [1.165, 1.54) is 0 Å². The predicted octanol–water partition coefficient (Wildman–Crippen LogP) is 1.16. The van der Waals surface area contributed by atoms with Gasteiger partial charge in [-0.25, -0.2) is 9.97 Å². The average Bonchev–Trinajstić information content (AvgIpc) is 3.11. The van der Waals surface area contributed by atoms with E-state index < -0.39 is 6.04 Å². The van der Waals surface area contributed by atoms with Crippen LogP contribution in [0.1, 0.15) is 31.3 Å². The molecule has 1 fully saturated rings. The minimum Gasteiger partial charge on any atom is -0.350 e. The molecule has 1 saturated heterocycles. The van der Waals surface area contributed by atoms with Crippen LogP contribution in [0.2, 0.25) is 0 Å². The van der Waals surface area contributed by atoms with Crippen molar-refractivity contribution in [2.24, 2.45) is 0 Å². The van der Waals surface area contributed by atoms with Gasteiger partial charge in [0.25, 0.3) is 5.91 Å². The zero-order chi connectivity index (χ0) is 16.6. The van der Waals surface area contributed by atoms with Crippen LogP contribution in [0.4, 0.5) is 0 Å². The van der Waals surface area contributed by atoms with Crippen molar-refractivity contribution in [1.82, 2.24) is 24.6 Å². The average molecular weight is 333 g/mol. The highest BCUT2D eigenvalue weighted by Crippen LogP contribution is 2.23. The summed E-state index contributed by atoms with van der Waals surface area (Å²) in [7, 11) is 0. The van der Waals surface area contributed by atoms with Gasteiger partial charge < -0.3 is 10.2 Å². The molecule has 23 heavy (non-hydrogen) atoms. The topological polar surface area (TPSA) is 79.6 Å². The number of hydrogen-bond acceptors (Lipinski definition) is 5. The largest absolute Gasteiger partial charge is 0.350 e. The number of amides is 2. The van der Waals surface area contributed by atoms with Gasteiger partial charge in [0, 0.05) is 29.9 Å². The minimum absolute atomic E-state index is 0.127. The zero-order valence-corrected chi connectivity index (χ0v) is 14.1. The summed E-state index contributed by atoms with van der Waals surface area (Å²) in [6.45, 7) is 5.77. The van der Waals surface area contributed by atoms with Crippen LogP contribution in [0.3, 0.4) is 0 Å². The highest BCUT2D eigenvalue weighted by atomic mass is 32.2. The lowest BCUT2D eigenvalue weighted by atomic mass is 10.1. The highest BCUT2D eigenvalue weighted by Gasteiger charge is 2.37. The molecule has 0 aliphatic carbocycles. The van der Waals surface area contributed by atoms with Crippen LogP contribution in [0.25, 0.3) is 5.78 Å². The van der Waals surface area contributed by atoms with Crippen molar-refractivity contribution in [3.8, 4) is 0 Å². The van der Waals surface area contributed by atoms with Crippen molar-refractivity contribution in [3.63, 3.8) is 0 Å². The van der Waals surface area contributed by atoms with E-state index in [0.29, 0.717) is 23.1 Å². The van der Waals surface area contributed by atoms with Gasteiger partial charge in [-0.1, -0.05) is 0 Å². The number of thioether (sulfide) groups is 1. The van der Waals surface area contributed by atoms with Gasteiger partial charge in [-0.3, -0.25) is 14.0 Å². The number of imidazole rings is 1. The summed E-state index contributed by atoms with van der Waals surface area (Å²) in [4.78, 5) is 35.1. The molecule has 122 valence electrons. The number of aromatic nitrogens is 3. The van der Waals surface area contributed by atoms with E-state index in [-0.39, 0.29) is 17.4 Å². The molecule has 8 heteroatoms. The monoisotopic (exact) mass is 333 g/mol. The van der Waals surface area contributed by atoms with Gasteiger partial charge >= 0.3 is 0 Å². The molecule has 1 N–H and O–H groups in total. The molecule has 1 aliphatic heterocycles. The fourth-order valence-corrected chi connectivity index (χ4v) is 3.55. The Balaban J connectivity index is 1.81. The van der Waals surface area contributed by atoms with E-state index in [9.17, 15) is 9.59 Å². The molecule has 7 nitrogen and oxygen atoms in total. The SMILES string of the molecule is CC(C)(C)NC(=O)[C@H]1CSCN1C(=O)c1cn2cccnc2n1. The van der Waals surface area contributed by atoms with E-state index in [2.05, 4.69) is 15.3 Å². The van der Waals surface area contributed by atoms with Gasteiger partial charge in [-0.2, -0.15) is 0 Å². The number of fused-ring (bicyclic) bond motifs is 1. The molecule has 3 heterocycles. The first-order valence-corrected chi connectivity index (χ1v) is 8.51. The Kier molecular flexibility index (Phi) is 4.01. The van der Waals surface area contributed by atoms with Crippen molar-refractivity contribution >= 4 is 29.4 Å². The quantitative estimate of drug-likeness (QED) is 0.892. The minimum atomic E-state index is -0.468.